The summed E-state index contributed by atoms with van der Waals surface area (Å²) in [5, 5.41) is 0. The molecule has 3 nitrogen and oxygen atoms in total. The predicted octanol–water partition coefficient (Wildman–Crippen LogP) is 1.97. The summed E-state index contributed by atoms with van der Waals surface area (Å²) in [6, 6.07) is 4.79. The number of allylic oxidation sites excluding steroid dienone is 1. The largest absolute Gasteiger partial charge is 0.294 e. The Hall–Kier alpha value is -1.13. The van der Waals surface area contributed by atoms with Crippen molar-refractivity contribution in [2.45, 2.75) is 18.2 Å². The number of hydrogen-bond donors (Lipinski definition) is 1. The van der Waals surface area contributed by atoms with Crippen LogP contribution in [0.1, 0.15) is 11.1 Å². The summed E-state index contributed by atoms with van der Waals surface area (Å²) in [5.74, 6) is 0. The highest BCUT2D eigenvalue weighted by atomic mass is 32.2. The van der Waals surface area contributed by atoms with Gasteiger partial charge in [0.15, 0.2) is 0 Å². The molecule has 0 spiro atoms. The van der Waals surface area contributed by atoms with Gasteiger partial charge in [0.25, 0.3) is 10.1 Å². The minimum Gasteiger partial charge on any atom is -0.282 e. The molecular formula is C10H12O3S. The maximum atomic E-state index is 11.0. The van der Waals surface area contributed by atoms with Crippen molar-refractivity contribution in [2.24, 2.45) is 0 Å². The van der Waals surface area contributed by atoms with E-state index in [1.165, 1.54) is 6.07 Å². The summed E-state index contributed by atoms with van der Waals surface area (Å²) in [6.45, 7) is 5.34. The van der Waals surface area contributed by atoms with E-state index in [0.29, 0.717) is 12.0 Å². The lowest BCUT2D eigenvalue weighted by Gasteiger charge is -2.07. The highest BCUT2D eigenvalue weighted by Gasteiger charge is 2.15. The third kappa shape index (κ3) is 2.21. The minimum absolute atomic E-state index is 0.0302. The standard InChI is InChI=1S/C10H12O3S/c1-3-5-9-8(2)6-4-7-10(9)14(11,12)13/h3-4,6-7H,1,5H2,2H3,(H,11,12,13). The van der Waals surface area contributed by atoms with Crippen LogP contribution in [-0.4, -0.2) is 13.0 Å². The fourth-order valence-electron chi connectivity index (χ4n) is 1.32. The monoisotopic (exact) mass is 212 g/mol. The van der Waals surface area contributed by atoms with Crippen LogP contribution >= 0.6 is 0 Å². The van der Waals surface area contributed by atoms with Gasteiger partial charge in [-0.3, -0.25) is 4.55 Å². The van der Waals surface area contributed by atoms with Gasteiger partial charge in [-0.05, 0) is 30.5 Å². The molecule has 0 saturated carbocycles. The zero-order valence-corrected chi connectivity index (χ0v) is 8.71. The van der Waals surface area contributed by atoms with Gasteiger partial charge in [-0.2, -0.15) is 8.42 Å². The Kier molecular flexibility index (Phi) is 3.08. The zero-order valence-electron chi connectivity index (χ0n) is 7.90. The van der Waals surface area contributed by atoms with E-state index in [1.807, 2.05) is 0 Å². The van der Waals surface area contributed by atoms with Crippen molar-refractivity contribution in [3.05, 3.63) is 42.0 Å². The van der Waals surface area contributed by atoms with Crippen molar-refractivity contribution in [2.75, 3.05) is 0 Å². The fourth-order valence-corrected chi connectivity index (χ4v) is 2.13. The molecule has 0 heterocycles. The Labute approximate surface area is 83.8 Å². The van der Waals surface area contributed by atoms with E-state index in [1.54, 1.807) is 25.1 Å². The number of benzene rings is 1. The molecule has 0 aromatic heterocycles. The van der Waals surface area contributed by atoms with Crippen molar-refractivity contribution < 1.29 is 13.0 Å². The molecule has 0 aliphatic carbocycles. The summed E-state index contributed by atoms with van der Waals surface area (Å²) >= 11 is 0. The van der Waals surface area contributed by atoms with Gasteiger partial charge in [0, 0.05) is 0 Å². The second-order valence-electron chi connectivity index (χ2n) is 3.02. The van der Waals surface area contributed by atoms with Crippen LogP contribution < -0.4 is 0 Å². The number of hydrogen-bond acceptors (Lipinski definition) is 2. The van der Waals surface area contributed by atoms with Gasteiger partial charge in [-0.15, -0.1) is 6.58 Å². The molecule has 4 heteroatoms. The van der Waals surface area contributed by atoms with Gasteiger partial charge >= 0.3 is 0 Å². The molecule has 1 aromatic rings. The third-order valence-corrected chi connectivity index (χ3v) is 2.93. The average Bonchev–Trinajstić information content (AvgIpc) is 2.07. The normalized spacial score (nSPS) is 11.3. The smallest absolute Gasteiger partial charge is 0.282 e. The Morgan fingerprint density at radius 3 is 2.64 bits per heavy atom. The lowest BCUT2D eigenvalue weighted by molar-refractivity contribution is 0.482. The van der Waals surface area contributed by atoms with E-state index in [9.17, 15) is 8.42 Å². The van der Waals surface area contributed by atoms with Crippen molar-refractivity contribution in [3.63, 3.8) is 0 Å². The number of rotatable bonds is 3. The van der Waals surface area contributed by atoms with Gasteiger partial charge in [0.05, 0.1) is 4.90 Å². The van der Waals surface area contributed by atoms with Crippen LogP contribution in [0, 0.1) is 6.92 Å². The lowest BCUT2D eigenvalue weighted by atomic mass is 10.1. The maximum absolute atomic E-state index is 11.0. The fraction of sp³-hybridized carbons (Fsp3) is 0.200. The molecule has 0 bridgehead atoms. The lowest BCUT2D eigenvalue weighted by Crippen LogP contribution is -2.04. The third-order valence-electron chi connectivity index (χ3n) is 1.99. The Balaban J connectivity index is 3.43. The van der Waals surface area contributed by atoms with Crippen molar-refractivity contribution in [1.82, 2.24) is 0 Å². The molecular weight excluding hydrogens is 200 g/mol. The first-order valence-electron chi connectivity index (χ1n) is 4.13. The molecule has 0 aliphatic heterocycles. The van der Waals surface area contributed by atoms with E-state index in [4.69, 9.17) is 4.55 Å². The van der Waals surface area contributed by atoms with E-state index in [-0.39, 0.29) is 4.90 Å². The van der Waals surface area contributed by atoms with E-state index >= 15 is 0 Å². The predicted molar refractivity (Wildman–Crippen MR) is 54.9 cm³/mol. The molecule has 1 aromatic carbocycles. The summed E-state index contributed by atoms with van der Waals surface area (Å²) in [6.07, 6.45) is 2.04. The van der Waals surface area contributed by atoms with Crippen LogP contribution in [0.3, 0.4) is 0 Å². The summed E-state index contributed by atoms with van der Waals surface area (Å²) in [4.78, 5) is -0.0302. The highest BCUT2D eigenvalue weighted by Crippen LogP contribution is 2.19. The van der Waals surface area contributed by atoms with Crippen molar-refractivity contribution in [3.8, 4) is 0 Å². The first kappa shape index (κ1) is 10.9. The van der Waals surface area contributed by atoms with E-state index < -0.39 is 10.1 Å². The van der Waals surface area contributed by atoms with Gasteiger partial charge in [-0.1, -0.05) is 18.2 Å². The van der Waals surface area contributed by atoms with Crippen molar-refractivity contribution in [1.29, 1.82) is 0 Å². The van der Waals surface area contributed by atoms with Crippen molar-refractivity contribution >= 4 is 10.1 Å². The molecule has 14 heavy (non-hydrogen) atoms. The van der Waals surface area contributed by atoms with E-state index in [0.717, 1.165) is 5.56 Å². The molecule has 1 rings (SSSR count). The molecule has 0 radical (unpaired) electrons. The summed E-state index contributed by atoms with van der Waals surface area (Å²) in [7, 11) is -4.13. The zero-order chi connectivity index (χ0) is 10.8. The SMILES string of the molecule is C=CCc1c(C)cccc1S(=O)(=O)O. The molecule has 76 valence electrons. The van der Waals surface area contributed by atoms with E-state index in [2.05, 4.69) is 6.58 Å². The molecule has 1 N–H and O–H groups in total. The second kappa shape index (κ2) is 3.94. The first-order valence-corrected chi connectivity index (χ1v) is 5.57. The van der Waals surface area contributed by atoms with Crippen LogP contribution in [0.25, 0.3) is 0 Å². The molecule has 0 unspecified atom stereocenters. The van der Waals surface area contributed by atoms with Crippen LogP contribution in [-0.2, 0) is 16.5 Å². The first-order chi connectivity index (χ1) is 6.46. The van der Waals surface area contributed by atoms with Gasteiger partial charge in [0.1, 0.15) is 0 Å². The van der Waals surface area contributed by atoms with Crippen LogP contribution in [0.5, 0.6) is 0 Å². The summed E-state index contributed by atoms with van der Waals surface area (Å²) in [5.41, 5.74) is 1.44. The molecule has 0 saturated heterocycles. The molecule has 0 fully saturated rings. The highest BCUT2D eigenvalue weighted by molar-refractivity contribution is 7.85. The van der Waals surface area contributed by atoms with Crippen LogP contribution in [0.4, 0.5) is 0 Å². The summed E-state index contributed by atoms with van der Waals surface area (Å²) < 4.78 is 31.0. The van der Waals surface area contributed by atoms with Gasteiger partial charge in [-0.25, -0.2) is 0 Å². The average molecular weight is 212 g/mol. The van der Waals surface area contributed by atoms with Gasteiger partial charge in [0.2, 0.25) is 0 Å². The minimum atomic E-state index is -4.13. The second-order valence-corrected chi connectivity index (χ2v) is 4.41. The maximum Gasteiger partial charge on any atom is 0.294 e. The Bertz CT molecular complexity index is 446. The topological polar surface area (TPSA) is 54.4 Å². The van der Waals surface area contributed by atoms with Crippen LogP contribution in [0.15, 0.2) is 35.7 Å². The Morgan fingerprint density at radius 1 is 1.50 bits per heavy atom. The molecule has 0 atom stereocenters. The quantitative estimate of drug-likeness (QED) is 0.615. The Morgan fingerprint density at radius 2 is 2.14 bits per heavy atom. The molecule has 0 amide bonds. The van der Waals surface area contributed by atoms with Crippen LogP contribution in [0.2, 0.25) is 0 Å². The van der Waals surface area contributed by atoms with Gasteiger partial charge < -0.3 is 0 Å². The molecule has 0 aliphatic rings. The number of aryl methyl sites for hydroxylation is 1.